The molecule has 0 aromatic carbocycles. The highest BCUT2D eigenvalue weighted by Gasteiger charge is 2.46. The highest BCUT2D eigenvalue weighted by Crippen LogP contribution is 2.41. The average Bonchev–Trinajstić information content (AvgIpc) is 2.99. The molecule has 3 atom stereocenters. The van der Waals surface area contributed by atoms with Crippen molar-refractivity contribution in [2.75, 3.05) is 13.2 Å². The summed E-state index contributed by atoms with van der Waals surface area (Å²) in [4.78, 5) is 10.8. The molecule has 1 fully saturated rings. The van der Waals surface area contributed by atoms with Crippen LogP contribution in [-0.4, -0.2) is 24.4 Å². The Hall–Kier alpha value is -1.40. The van der Waals surface area contributed by atoms with E-state index < -0.39 is 6.29 Å². The number of nitro groups is 1. The topological polar surface area (TPSA) is 61.6 Å². The van der Waals surface area contributed by atoms with Gasteiger partial charge in [-0.05, 0) is 41.3 Å². The summed E-state index contributed by atoms with van der Waals surface area (Å²) in [6.07, 6.45) is 1.50. The third kappa shape index (κ3) is 3.83. The van der Waals surface area contributed by atoms with Crippen molar-refractivity contribution < 1.29 is 14.4 Å². The van der Waals surface area contributed by atoms with Gasteiger partial charge < -0.3 is 9.47 Å². The van der Waals surface area contributed by atoms with E-state index in [-0.39, 0.29) is 29.2 Å². The fraction of sp³-hybridized carbons (Fsp3) is 0.600. The van der Waals surface area contributed by atoms with Crippen LogP contribution in [0.15, 0.2) is 22.6 Å². The van der Waals surface area contributed by atoms with E-state index in [4.69, 9.17) is 9.47 Å². The molecule has 1 aliphatic rings. The van der Waals surface area contributed by atoms with Crippen molar-refractivity contribution in [3.8, 4) is 0 Å². The summed E-state index contributed by atoms with van der Waals surface area (Å²) in [5.74, 6) is 0.679. The maximum Gasteiger partial charge on any atom is 0.214 e. The molecule has 6 heteroatoms. The summed E-state index contributed by atoms with van der Waals surface area (Å²) in [6.45, 7) is 6.43. The zero-order chi connectivity index (χ0) is 15.4. The Labute approximate surface area is 128 Å². The summed E-state index contributed by atoms with van der Waals surface area (Å²) < 4.78 is 11.6. The molecule has 2 heterocycles. The van der Waals surface area contributed by atoms with Gasteiger partial charge in [-0.1, -0.05) is 13.8 Å². The molecule has 0 unspecified atom stereocenters. The van der Waals surface area contributed by atoms with Gasteiger partial charge in [-0.2, -0.15) is 11.3 Å². The van der Waals surface area contributed by atoms with Gasteiger partial charge in [-0.15, -0.1) is 0 Å². The summed E-state index contributed by atoms with van der Waals surface area (Å²) in [5, 5.41) is 15.0. The van der Waals surface area contributed by atoms with Gasteiger partial charge in [0.1, 0.15) is 5.76 Å². The molecule has 0 aliphatic carbocycles. The van der Waals surface area contributed by atoms with Crippen LogP contribution in [0.4, 0.5) is 0 Å². The van der Waals surface area contributed by atoms with Gasteiger partial charge >= 0.3 is 0 Å². The lowest BCUT2D eigenvalue weighted by Gasteiger charge is -2.23. The Bertz CT molecular complexity index is 498. The van der Waals surface area contributed by atoms with Gasteiger partial charge in [0.05, 0.1) is 5.92 Å². The van der Waals surface area contributed by atoms with Crippen molar-refractivity contribution in [2.24, 2.45) is 17.8 Å². The second kappa shape index (κ2) is 7.04. The van der Waals surface area contributed by atoms with Crippen molar-refractivity contribution in [1.29, 1.82) is 0 Å². The van der Waals surface area contributed by atoms with Crippen molar-refractivity contribution in [1.82, 2.24) is 0 Å². The zero-order valence-corrected chi connectivity index (χ0v) is 13.3. The molecule has 0 saturated carbocycles. The SMILES string of the molecule is CCO[C@H]1O/C(=C\c2ccsc2)[C@@H](C[N+](=O)[O-])[C@H]1C(C)C. The molecule has 5 nitrogen and oxygen atoms in total. The predicted molar refractivity (Wildman–Crippen MR) is 82.5 cm³/mol. The Balaban J connectivity index is 2.31. The second-order valence-electron chi connectivity index (χ2n) is 5.49. The molecule has 116 valence electrons. The van der Waals surface area contributed by atoms with Crippen molar-refractivity contribution in [3.63, 3.8) is 0 Å². The van der Waals surface area contributed by atoms with Crippen LogP contribution in [0.25, 0.3) is 6.08 Å². The second-order valence-corrected chi connectivity index (χ2v) is 6.27. The van der Waals surface area contributed by atoms with E-state index in [1.165, 1.54) is 0 Å². The van der Waals surface area contributed by atoms with Gasteiger partial charge in [0.2, 0.25) is 12.8 Å². The normalized spacial score (nSPS) is 27.2. The zero-order valence-electron chi connectivity index (χ0n) is 12.5. The first-order chi connectivity index (χ1) is 10.0. The van der Waals surface area contributed by atoms with Gasteiger partial charge in [-0.3, -0.25) is 10.1 Å². The third-order valence-corrected chi connectivity index (χ3v) is 4.40. The van der Waals surface area contributed by atoms with Crippen LogP contribution < -0.4 is 0 Å². The third-order valence-electron chi connectivity index (χ3n) is 3.70. The van der Waals surface area contributed by atoms with Crippen molar-refractivity contribution in [2.45, 2.75) is 27.1 Å². The van der Waals surface area contributed by atoms with Crippen LogP contribution in [0.2, 0.25) is 0 Å². The first-order valence-electron chi connectivity index (χ1n) is 7.16. The number of hydrogen-bond acceptors (Lipinski definition) is 5. The molecule has 2 rings (SSSR count). The molecule has 1 aromatic heterocycles. The fourth-order valence-electron chi connectivity index (χ4n) is 2.80. The highest BCUT2D eigenvalue weighted by atomic mass is 32.1. The molecule has 1 saturated heterocycles. The van der Waals surface area contributed by atoms with Crippen LogP contribution in [0, 0.1) is 27.9 Å². The monoisotopic (exact) mass is 311 g/mol. The van der Waals surface area contributed by atoms with Gasteiger partial charge in [0.15, 0.2) is 0 Å². The maximum absolute atomic E-state index is 11.0. The van der Waals surface area contributed by atoms with E-state index >= 15 is 0 Å². The maximum atomic E-state index is 11.0. The lowest BCUT2D eigenvalue weighted by molar-refractivity contribution is -0.488. The standard InChI is InChI=1S/C15H21NO4S/c1-4-19-15-14(10(2)3)12(8-16(17)18)13(20-15)7-11-5-6-21-9-11/h5-7,9-10,12,14-15H,4,8H2,1-3H3/b13-7-/t12-,14-,15+/m1/s1. The molecule has 1 aliphatic heterocycles. The van der Waals surface area contributed by atoms with E-state index in [0.29, 0.717) is 12.4 Å². The first-order valence-corrected chi connectivity index (χ1v) is 8.11. The lowest BCUT2D eigenvalue weighted by atomic mass is 9.83. The Kier molecular flexibility index (Phi) is 5.36. The Morgan fingerprint density at radius 1 is 1.57 bits per heavy atom. The van der Waals surface area contributed by atoms with Gasteiger partial charge in [-0.25, -0.2) is 0 Å². The minimum atomic E-state index is -0.398. The number of hydrogen-bond donors (Lipinski definition) is 0. The number of thiophene rings is 1. The summed E-state index contributed by atoms with van der Waals surface area (Å²) in [7, 11) is 0. The molecule has 0 amide bonds. The number of rotatable bonds is 6. The van der Waals surface area contributed by atoms with Crippen LogP contribution in [0.1, 0.15) is 26.3 Å². The van der Waals surface area contributed by atoms with Crippen molar-refractivity contribution >= 4 is 17.4 Å². The van der Waals surface area contributed by atoms with Crippen LogP contribution in [-0.2, 0) is 9.47 Å². The minimum absolute atomic E-state index is 0.000218. The lowest BCUT2D eigenvalue weighted by Crippen LogP contribution is -2.31. The van der Waals surface area contributed by atoms with E-state index in [1.54, 1.807) is 11.3 Å². The minimum Gasteiger partial charge on any atom is -0.468 e. The fourth-order valence-corrected chi connectivity index (χ4v) is 3.42. The Morgan fingerprint density at radius 3 is 2.86 bits per heavy atom. The molecule has 0 bridgehead atoms. The molecule has 21 heavy (non-hydrogen) atoms. The van der Waals surface area contributed by atoms with E-state index in [0.717, 1.165) is 5.56 Å². The van der Waals surface area contributed by atoms with Gasteiger partial charge in [0, 0.05) is 17.4 Å². The Morgan fingerprint density at radius 2 is 2.33 bits per heavy atom. The molecular formula is C15H21NO4S. The van der Waals surface area contributed by atoms with E-state index in [2.05, 4.69) is 13.8 Å². The average molecular weight is 311 g/mol. The van der Waals surface area contributed by atoms with E-state index in [1.807, 2.05) is 29.8 Å². The summed E-state index contributed by atoms with van der Waals surface area (Å²) in [5.41, 5.74) is 1.02. The van der Waals surface area contributed by atoms with E-state index in [9.17, 15) is 10.1 Å². The molecule has 0 N–H and O–H groups in total. The highest BCUT2D eigenvalue weighted by molar-refractivity contribution is 7.08. The summed E-state index contributed by atoms with van der Waals surface area (Å²) >= 11 is 1.59. The molecule has 0 radical (unpaired) electrons. The molecule has 1 aromatic rings. The summed E-state index contributed by atoms with van der Waals surface area (Å²) in [6, 6.07) is 1.97. The van der Waals surface area contributed by atoms with Gasteiger partial charge in [0.25, 0.3) is 0 Å². The molecular weight excluding hydrogens is 290 g/mol. The largest absolute Gasteiger partial charge is 0.468 e. The van der Waals surface area contributed by atoms with Crippen LogP contribution >= 0.6 is 11.3 Å². The first kappa shape index (κ1) is 16.0. The number of ether oxygens (including phenoxy) is 2. The molecule has 0 spiro atoms. The van der Waals surface area contributed by atoms with Crippen LogP contribution in [0.5, 0.6) is 0 Å². The number of nitrogens with zero attached hydrogens (tertiary/aromatic N) is 1. The van der Waals surface area contributed by atoms with Crippen LogP contribution in [0.3, 0.4) is 0 Å². The van der Waals surface area contributed by atoms with Crippen molar-refractivity contribution in [3.05, 3.63) is 38.3 Å². The smallest absolute Gasteiger partial charge is 0.214 e. The quantitative estimate of drug-likeness (QED) is 0.594. The predicted octanol–water partition coefficient (Wildman–Crippen LogP) is 3.65.